The first kappa shape index (κ1) is 11.6. The predicted octanol–water partition coefficient (Wildman–Crippen LogP) is 2.66. The number of aromatic nitrogens is 1. The molecule has 0 bridgehead atoms. The quantitative estimate of drug-likeness (QED) is 0.881. The number of nitrogens with one attached hydrogen (secondary N) is 2. The number of aryl methyl sites for hydroxylation is 1. The van der Waals surface area contributed by atoms with E-state index in [0.717, 1.165) is 5.69 Å². The Hall–Kier alpha value is -0.910. The summed E-state index contributed by atoms with van der Waals surface area (Å²) in [5, 5.41) is 5.25. The molecule has 2 aromatic heterocycles. The van der Waals surface area contributed by atoms with E-state index in [4.69, 9.17) is 0 Å². The lowest BCUT2D eigenvalue weighted by Crippen LogP contribution is -2.17. The van der Waals surface area contributed by atoms with Crippen LogP contribution in [0.2, 0.25) is 0 Å². The minimum atomic E-state index is 0.0106. The summed E-state index contributed by atoms with van der Waals surface area (Å²) >= 11 is 3.01. The summed E-state index contributed by atoms with van der Waals surface area (Å²) in [6.45, 7) is 4.95. The first-order chi connectivity index (χ1) is 7.65. The van der Waals surface area contributed by atoms with E-state index in [1.807, 2.05) is 5.38 Å². The van der Waals surface area contributed by atoms with E-state index >= 15 is 0 Å². The number of rotatable bonds is 4. The SMILES string of the molecule is Cc1ccc(C(C)NCc2csc(=O)[nH]2)s1. The normalized spacial score (nSPS) is 12.9. The van der Waals surface area contributed by atoms with Crippen molar-refractivity contribution >= 4 is 22.7 Å². The van der Waals surface area contributed by atoms with Gasteiger partial charge >= 0.3 is 4.87 Å². The van der Waals surface area contributed by atoms with Crippen molar-refractivity contribution in [1.82, 2.24) is 10.3 Å². The molecule has 0 aromatic carbocycles. The van der Waals surface area contributed by atoms with Crippen LogP contribution in [-0.4, -0.2) is 4.98 Å². The zero-order valence-corrected chi connectivity index (χ0v) is 10.9. The fourth-order valence-corrected chi connectivity index (χ4v) is 2.94. The van der Waals surface area contributed by atoms with Crippen LogP contribution in [-0.2, 0) is 6.54 Å². The van der Waals surface area contributed by atoms with Gasteiger partial charge in [-0.15, -0.1) is 11.3 Å². The van der Waals surface area contributed by atoms with Crippen molar-refractivity contribution in [1.29, 1.82) is 0 Å². The third kappa shape index (κ3) is 2.81. The van der Waals surface area contributed by atoms with Crippen LogP contribution in [0.4, 0.5) is 0 Å². The maximum Gasteiger partial charge on any atom is 0.304 e. The van der Waals surface area contributed by atoms with Crippen LogP contribution in [0.1, 0.15) is 28.4 Å². The van der Waals surface area contributed by atoms with Gasteiger partial charge in [0.05, 0.1) is 0 Å². The Morgan fingerprint density at radius 2 is 2.31 bits per heavy atom. The molecule has 0 fully saturated rings. The van der Waals surface area contributed by atoms with Gasteiger partial charge in [-0.05, 0) is 26.0 Å². The van der Waals surface area contributed by atoms with Gasteiger partial charge in [0, 0.05) is 33.4 Å². The minimum Gasteiger partial charge on any atom is -0.315 e. The van der Waals surface area contributed by atoms with Gasteiger partial charge in [-0.25, -0.2) is 0 Å². The predicted molar refractivity (Wildman–Crippen MR) is 69.3 cm³/mol. The van der Waals surface area contributed by atoms with Crippen LogP contribution in [0.25, 0.3) is 0 Å². The zero-order chi connectivity index (χ0) is 11.5. The lowest BCUT2D eigenvalue weighted by Gasteiger charge is -2.10. The topological polar surface area (TPSA) is 44.9 Å². The molecule has 2 heterocycles. The van der Waals surface area contributed by atoms with Crippen LogP contribution in [0.5, 0.6) is 0 Å². The molecule has 0 aliphatic heterocycles. The molecular formula is C11H14N2OS2. The average Bonchev–Trinajstić information content (AvgIpc) is 2.84. The smallest absolute Gasteiger partial charge is 0.304 e. The van der Waals surface area contributed by atoms with Crippen molar-refractivity contribution in [3.63, 3.8) is 0 Å². The van der Waals surface area contributed by atoms with Crippen molar-refractivity contribution in [2.24, 2.45) is 0 Å². The van der Waals surface area contributed by atoms with Crippen LogP contribution in [0.3, 0.4) is 0 Å². The minimum absolute atomic E-state index is 0.0106. The standard InChI is InChI=1S/C11H14N2OS2/c1-7-3-4-10(16-7)8(2)12-5-9-6-15-11(14)13-9/h3-4,6,8,12H,5H2,1-2H3,(H,13,14). The van der Waals surface area contributed by atoms with Crippen molar-refractivity contribution in [3.8, 4) is 0 Å². The van der Waals surface area contributed by atoms with Crippen molar-refractivity contribution in [2.75, 3.05) is 0 Å². The van der Waals surface area contributed by atoms with E-state index < -0.39 is 0 Å². The molecule has 0 saturated heterocycles. The van der Waals surface area contributed by atoms with Gasteiger partial charge in [-0.1, -0.05) is 11.3 Å². The fraction of sp³-hybridized carbons (Fsp3) is 0.364. The molecule has 0 radical (unpaired) electrons. The summed E-state index contributed by atoms with van der Waals surface area (Å²) in [7, 11) is 0. The fourth-order valence-electron chi connectivity index (χ4n) is 1.45. The largest absolute Gasteiger partial charge is 0.315 e. The third-order valence-electron chi connectivity index (χ3n) is 2.36. The van der Waals surface area contributed by atoms with Gasteiger partial charge in [0.1, 0.15) is 0 Å². The second-order valence-corrected chi connectivity index (χ2v) is 5.89. The number of thiophene rings is 1. The molecule has 5 heteroatoms. The third-order valence-corrected chi connectivity index (χ3v) is 4.26. The Morgan fingerprint density at radius 3 is 2.88 bits per heavy atom. The van der Waals surface area contributed by atoms with Crippen LogP contribution in [0.15, 0.2) is 22.3 Å². The van der Waals surface area contributed by atoms with Gasteiger partial charge in [-0.3, -0.25) is 4.79 Å². The number of thiazole rings is 1. The van der Waals surface area contributed by atoms with E-state index in [2.05, 4.69) is 36.3 Å². The van der Waals surface area contributed by atoms with Gasteiger partial charge < -0.3 is 10.3 Å². The summed E-state index contributed by atoms with van der Waals surface area (Å²) in [5.74, 6) is 0. The number of hydrogen-bond donors (Lipinski definition) is 2. The summed E-state index contributed by atoms with van der Waals surface area (Å²) in [6.07, 6.45) is 0. The van der Waals surface area contributed by atoms with Crippen LogP contribution in [0, 0.1) is 6.92 Å². The van der Waals surface area contributed by atoms with E-state index in [-0.39, 0.29) is 4.87 Å². The Morgan fingerprint density at radius 1 is 1.50 bits per heavy atom. The number of hydrogen-bond acceptors (Lipinski definition) is 4. The van der Waals surface area contributed by atoms with Crippen LogP contribution >= 0.6 is 22.7 Å². The van der Waals surface area contributed by atoms with Gasteiger partial charge in [0.15, 0.2) is 0 Å². The Bertz CT molecular complexity index is 512. The lowest BCUT2D eigenvalue weighted by molar-refractivity contribution is 0.576. The highest BCUT2D eigenvalue weighted by molar-refractivity contribution is 7.12. The van der Waals surface area contributed by atoms with Crippen molar-refractivity contribution in [2.45, 2.75) is 26.4 Å². The molecule has 0 aliphatic rings. The molecule has 1 unspecified atom stereocenters. The van der Waals surface area contributed by atoms with Gasteiger partial charge in [-0.2, -0.15) is 0 Å². The zero-order valence-electron chi connectivity index (χ0n) is 9.24. The highest BCUT2D eigenvalue weighted by Gasteiger charge is 2.07. The molecule has 0 amide bonds. The van der Waals surface area contributed by atoms with E-state index in [1.54, 1.807) is 11.3 Å². The van der Waals surface area contributed by atoms with Crippen molar-refractivity contribution < 1.29 is 0 Å². The summed E-state index contributed by atoms with van der Waals surface area (Å²) in [5.41, 5.74) is 0.954. The first-order valence-corrected chi connectivity index (χ1v) is 6.81. The monoisotopic (exact) mass is 254 g/mol. The molecule has 86 valence electrons. The van der Waals surface area contributed by atoms with E-state index in [9.17, 15) is 4.79 Å². The van der Waals surface area contributed by atoms with Gasteiger partial charge in [0.2, 0.25) is 0 Å². The highest BCUT2D eigenvalue weighted by Crippen LogP contribution is 2.22. The summed E-state index contributed by atoms with van der Waals surface area (Å²) in [4.78, 5) is 16.4. The maximum absolute atomic E-state index is 10.9. The van der Waals surface area contributed by atoms with Crippen LogP contribution < -0.4 is 10.2 Å². The second kappa shape index (κ2) is 4.95. The van der Waals surface area contributed by atoms with E-state index in [0.29, 0.717) is 12.6 Å². The molecule has 1 atom stereocenters. The maximum atomic E-state index is 10.9. The van der Waals surface area contributed by atoms with Crippen molar-refractivity contribution in [3.05, 3.63) is 42.6 Å². The first-order valence-electron chi connectivity index (χ1n) is 5.11. The van der Waals surface area contributed by atoms with Gasteiger partial charge in [0.25, 0.3) is 0 Å². The lowest BCUT2D eigenvalue weighted by atomic mass is 10.2. The Balaban J connectivity index is 1.93. The molecule has 0 spiro atoms. The molecule has 0 saturated carbocycles. The summed E-state index contributed by atoms with van der Waals surface area (Å²) < 4.78 is 0. The summed E-state index contributed by atoms with van der Waals surface area (Å²) in [6, 6.07) is 4.60. The Labute approximate surface area is 102 Å². The molecular weight excluding hydrogens is 240 g/mol. The Kier molecular flexibility index (Phi) is 3.58. The molecule has 2 rings (SSSR count). The highest BCUT2D eigenvalue weighted by atomic mass is 32.1. The van der Waals surface area contributed by atoms with E-state index in [1.165, 1.54) is 21.1 Å². The molecule has 16 heavy (non-hydrogen) atoms. The second-order valence-electron chi connectivity index (χ2n) is 3.72. The average molecular weight is 254 g/mol. The number of H-pyrrole nitrogens is 1. The molecule has 2 aromatic rings. The molecule has 3 nitrogen and oxygen atoms in total. The molecule has 0 aliphatic carbocycles. The number of aromatic amines is 1. The molecule has 2 N–H and O–H groups in total.